The first kappa shape index (κ1) is 13.1. The predicted octanol–water partition coefficient (Wildman–Crippen LogP) is 1.72. The molecule has 1 amide bonds. The highest BCUT2D eigenvalue weighted by Crippen LogP contribution is 2.15. The number of carbonyl (C=O) groups is 1. The number of hydrogen-bond acceptors (Lipinski definition) is 3. The maximum absolute atomic E-state index is 11.7. The van der Waals surface area contributed by atoms with Crippen molar-refractivity contribution in [2.75, 3.05) is 26.3 Å². The number of ether oxygens (including phenoxy) is 1. The molecule has 96 valence electrons. The van der Waals surface area contributed by atoms with Crippen LogP contribution in [0.25, 0.3) is 6.08 Å². The van der Waals surface area contributed by atoms with Gasteiger partial charge < -0.3 is 4.74 Å². The lowest BCUT2D eigenvalue weighted by Gasteiger charge is -2.26. The lowest BCUT2D eigenvalue weighted by atomic mass is 10.2. The van der Waals surface area contributed by atoms with Gasteiger partial charge in [-0.3, -0.25) is 10.2 Å². The summed E-state index contributed by atoms with van der Waals surface area (Å²) in [6.45, 7) is 2.72. The number of hydrazine groups is 1. The number of amides is 1. The van der Waals surface area contributed by atoms with Crippen LogP contribution < -0.4 is 5.43 Å². The van der Waals surface area contributed by atoms with Crippen molar-refractivity contribution < 1.29 is 9.53 Å². The van der Waals surface area contributed by atoms with Gasteiger partial charge in [0.25, 0.3) is 5.91 Å². The minimum atomic E-state index is -0.156. The van der Waals surface area contributed by atoms with E-state index < -0.39 is 0 Å². The zero-order chi connectivity index (χ0) is 12.8. The molecule has 0 aliphatic carbocycles. The van der Waals surface area contributed by atoms with Gasteiger partial charge in [-0.15, -0.1) is 0 Å². The van der Waals surface area contributed by atoms with Crippen molar-refractivity contribution in [2.45, 2.75) is 0 Å². The molecule has 1 aliphatic heterocycles. The lowest BCUT2D eigenvalue weighted by molar-refractivity contribution is -0.123. The van der Waals surface area contributed by atoms with Crippen LogP contribution in [-0.4, -0.2) is 37.2 Å². The number of hydrogen-bond donors (Lipinski definition) is 1. The number of nitrogens with zero attached hydrogens (tertiary/aromatic N) is 1. The second-order valence-corrected chi connectivity index (χ2v) is 4.34. The van der Waals surface area contributed by atoms with Crippen LogP contribution in [0.3, 0.4) is 0 Å². The zero-order valence-corrected chi connectivity index (χ0v) is 10.7. The van der Waals surface area contributed by atoms with Crippen molar-refractivity contribution in [3.05, 3.63) is 40.9 Å². The minimum absolute atomic E-state index is 0.156. The Kier molecular flexibility index (Phi) is 4.75. The molecule has 1 saturated heterocycles. The topological polar surface area (TPSA) is 41.6 Å². The maximum atomic E-state index is 11.7. The molecule has 0 bridgehead atoms. The lowest BCUT2D eigenvalue weighted by Crippen LogP contribution is -2.47. The third kappa shape index (κ3) is 3.84. The van der Waals surface area contributed by atoms with E-state index >= 15 is 0 Å². The third-order valence-corrected chi connectivity index (χ3v) is 2.94. The van der Waals surface area contributed by atoms with Crippen LogP contribution in [0.15, 0.2) is 30.3 Å². The zero-order valence-electron chi connectivity index (χ0n) is 9.93. The summed E-state index contributed by atoms with van der Waals surface area (Å²) in [5.74, 6) is -0.156. The molecule has 0 atom stereocenters. The van der Waals surface area contributed by atoms with E-state index in [1.54, 1.807) is 12.1 Å². The van der Waals surface area contributed by atoms with Crippen molar-refractivity contribution in [3.8, 4) is 0 Å². The Hall–Kier alpha value is -1.36. The number of morpholine rings is 1. The Morgan fingerprint density at radius 2 is 2.06 bits per heavy atom. The van der Waals surface area contributed by atoms with Gasteiger partial charge in [-0.05, 0) is 17.7 Å². The number of carbonyl (C=O) groups excluding carboxylic acids is 1. The minimum Gasteiger partial charge on any atom is -0.379 e. The van der Waals surface area contributed by atoms with Crippen molar-refractivity contribution >= 4 is 23.6 Å². The quantitative estimate of drug-likeness (QED) is 0.847. The van der Waals surface area contributed by atoms with Crippen LogP contribution in [0, 0.1) is 0 Å². The second kappa shape index (κ2) is 6.54. The molecular weight excluding hydrogens is 252 g/mol. The number of nitrogens with one attached hydrogen (secondary N) is 1. The van der Waals surface area contributed by atoms with Gasteiger partial charge in [-0.1, -0.05) is 29.8 Å². The predicted molar refractivity (Wildman–Crippen MR) is 71.0 cm³/mol. The molecule has 4 nitrogen and oxygen atoms in total. The number of benzene rings is 1. The van der Waals surface area contributed by atoms with E-state index in [1.807, 2.05) is 23.2 Å². The Labute approximate surface area is 111 Å². The molecule has 5 heteroatoms. The van der Waals surface area contributed by atoms with E-state index in [-0.39, 0.29) is 5.91 Å². The first-order chi connectivity index (χ1) is 8.75. The van der Waals surface area contributed by atoms with Gasteiger partial charge in [0.15, 0.2) is 0 Å². The second-order valence-electron chi connectivity index (χ2n) is 3.93. The van der Waals surface area contributed by atoms with Crippen LogP contribution >= 0.6 is 11.6 Å². The van der Waals surface area contributed by atoms with Gasteiger partial charge in [0, 0.05) is 24.2 Å². The molecule has 1 aliphatic rings. The maximum Gasteiger partial charge on any atom is 0.258 e. The fraction of sp³-hybridized carbons (Fsp3) is 0.308. The monoisotopic (exact) mass is 266 g/mol. The Morgan fingerprint density at radius 1 is 1.33 bits per heavy atom. The largest absolute Gasteiger partial charge is 0.379 e. The van der Waals surface area contributed by atoms with E-state index in [2.05, 4.69) is 5.43 Å². The Morgan fingerprint density at radius 3 is 2.78 bits per heavy atom. The first-order valence-electron chi connectivity index (χ1n) is 5.81. The van der Waals surface area contributed by atoms with Gasteiger partial charge in [-0.2, -0.15) is 0 Å². The molecule has 0 aromatic heterocycles. The molecule has 18 heavy (non-hydrogen) atoms. The first-order valence-corrected chi connectivity index (χ1v) is 6.19. The fourth-order valence-electron chi connectivity index (χ4n) is 1.64. The molecule has 0 unspecified atom stereocenters. The van der Waals surface area contributed by atoms with E-state index in [0.29, 0.717) is 31.3 Å². The SMILES string of the molecule is O=C(C=Cc1ccccc1Cl)NN1CCOCC1. The molecule has 0 spiro atoms. The van der Waals surface area contributed by atoms with Crippen LogP contribution in [-0.2, 0) is 9.53 Å². The molecule has 1 fully saturated rings. The van der Waals surface area contributed by atoms with Gasteiger partial charge in [-0.25, -0.2) is 5.01 Å². The summed E-state index contributed by atoms with van der Waals surface area (Å²) in [4.78, 5) is 11.7. The average Bonchev–Trinajstić information content (AvgIpc) is 2.39. The van der Waals surface area contributed by atoms with E-state index in [0.717, 1.165) is 5.56 Å². The fourth-order valence-corrected chi connectivity index (χ4v) is 1.84. The van der Waals surface area contributed by atoms with Crippen molar-refractivity contribution in [3.63, 3.8) is 0 Å². The van der Waals surface area contributed by atoms with Gasteiger partial charge in [0.2, 0.25) is 0 Å². The summed E-state index contributed by atoms with van der Waals surface area (Å²) < 4.78 is 5.20. The molecule has 0 radical (unpaired) electrons. The van der Waals surface area contributed by atoms with Crippen LogP contribution in [0.2, 0.25) is 5.02 Å². The molecule has 1 aromatic carbocycles. The molecular formula is C13H15ClN2O2. The number of halogens is 1. The van der Waals surface area contributed by atoms with Crippen molar-refractivity contribution in [1.29, 1.82) is 0 Å². The molecule has 2 rings (SSSR count). The number of rotatable bonds is 3. The van der Waals surface area contributed by atoms with Crippen LogP contribution in [0.1, 0.15) is 5.56 Å². The summed E-state index contributed by atoms with van der Waals surface area (Å²) in [6, 6.07) is 7.39. The smallest absolute Gasteiger partial charge is 0.258 e. The van der Waals surface area contributed by atoms with E-state index in [4.69, 9.17) is 16.3 Å². The molecule has 1 N–H and O–H groups in total. The van der Waals surface area contributed by atoms with Crippen molar-refractivity contribution in [1.82, 2.24) is 10.4 Å². The highest BCUT2D eigenvalue weighted by Gasteiger charge is 2.11. The summed E-state index contributed by atoms with van der Waals surface area (Å²) >= 11 is 5.99. The normalized spacial score (nSPS) is 16.9. The Balaban J connectivity index is 1.88. The Bertz CT molecular complexity index is 442. The molecule has 1 heterocycles. The van der Waals surface area contributed by atoms with Crippen molar-refractivity contribution in [2.24, 2.45) is 0 Å². The highest BCUT2D eigenvalue weighted by molar-refractivity contribution is 6.32. The summed E-state index contributed by atoms with van der Waals surface area (Å²) in [6.07, 6.45) is 3.19. The van der Waals surface area contributed by atoms with Gasteiger partial charge >= 0.3 is 0 Å². The van der Waals surface area contributed by atoms with E-state index in [9.17, 15) is 4.79 Å². The summed E-state index contributed by atoms with van der Waals surface area (Å²) in [5.41, 5.74) is 3.62. The van der Waals surface area contributed by atoms with E-state index in [1.165, 1.54) is 6.08 Å². The highest BCUT2D eigenvalue weighted by atomic mass is 35.5. The standard InChI is InChI=1S/C13H15ClN2O2/c14-12-4-2-1-3-11(12)5-6-13(17)15-16-7-9-18-10-8-16/h1-6H,7-10H2,(H,15,17). The van der Waals surface area contributed by atoms with Gasteiger partial charge in [0.05, 0.1) is 13.2 Å². The summed E-state index contributed by atoms with van der Waals surface area (Å²) in [5, 5.41) is 2.48. The van der Waals surface area contributed by atoms with Crippen LogP contribution in [0.4, 0.5) is 0 Å². The molecule has 0 saturated carbocycles. The molecule has 1 aromatic rings. The summed E-state index contributed by atoms with van der Waals surface area (Å²) in [7, 11) is 0. The average molecular weight is 267 g/mol. The van der Waals surface area contributed by atoms with Gasteiger partial charge in [0.1, 0.15) is 0 Å². The third-order valence-electron chi connectivity index (χ3n) is 2.60. The van der Waals surface area contributed by atoms with Crippen LogP contribution in [0.5, 0.6) is 0 Å².